The third-order valence-corrected chi connectivity index (χ3v) is 6.38. The summed E-state index contributed by atoms with van der Waals surface area (Å²) in [4.78, 5) is 28.9. The van der Waals surface area contributed by atoms with Crippen molar-refractivity contribution in [2.45, 2.75) is 45.1 Å². The molecule has 0 bridgehead atoms. The van der Waals surface area contributed by atoms with Crippen LogP contribution in [0.1, 0.15) is 54.1 Å². The summed E-state index contributed by atoms with van der Waals surface area (Å²) >= 11 is 1.64. The summed E-state index contributed by atoms with van der Waals surface area (Å²) in [5, 5.41) is 5.04. The van der Waals surface area contributed by atoms with Gasteiger partial charge in [-0.15, -0.1) is 11.3 Å². The predicted octanol–water partition coefficient (Wildman–Crippen LogP) is 4.51. The molecule has 26 heavy (non-hydrogen) atoms. The Kier molecular flexibility index (Phi) is 4.81. The zero-order valence-electron chi connectivity index (χ0n) is 15.0. The second kappa shape index (κ2) is 7.23. The van der Waals surface area contributed by atoms with Gasteiger partial charge in [-0.05, 0) is 37.3 Å². The molecule has 1 aromatic heterocycles. The van der Waals surface area contributed by atoms with E-state index in [2.05, 4.69) is 17.4 Å². The predicted molar refractivity (Wildman–Crippen MR) is 104 cm³/mol. The van der Waals surface area contributed by atoms with Crippen LogP contribution >= 0.6 is 11.3 Å². The summed E-state index contributed by atoms with van der Waals surface area (Å²) in [6, 6.07) is 9.95. The highest BCUT2D eigenvalue weighted by molar-refractivity contribution is 7.10. The Hall–Kier alpha value is -2.14. The van der Waals surface area contributed by atoms with E-state index in [9.17, 15) is 9.59 Å². The molecule has 1 unspecified atom stereocenters. The van der Waals surface area contributed by atoms with Crippen LogP contribution in [0, 0.1) is 12.8 Å². The van der Waals surface area contributed by atoms with Gasteiger partial charge in [0, 0.05) is 22.0 Å². The molecule has 2 amide bonds. The number of hydrogen-bond donors (Lipinski definition) is 1. The van der Waals surface area contributed by atoms with Crippen LogP contribution in [0.5, 0.6) is 0 Å². The number of hydrogen-bond acceptors (Lipinski definition) is 3. The van der Waals surface area contributed by atoms with Crippen molar-refractivity contribution < 1.29 is 9.59 Å². The van der Waals surface area contributed by atoms with Crippen LogP contribution in [0.3, 0.4) is 0 Å². The van der Waals surface area contributed by atoms with E-state index in [0.717, 1.165) is 47.4 Å². The molecule has 1 atom stereocenters. The minimum absolute atomic E-state index is 0.0466. The zero-order valence-corrected chi connectivity index (χ0v) is 15.8. The van der Waals surface area contributed by atoms with Gasteiger partial charge in [0.25, 0.3) is 0 Å². The molecule has 5 heteroatoms. The molecule has 4 nitrogen and oxygen atoms in total. The molecule has 1 aliphatic heterocycles. The number of nitrogens with zero attached hydrogens (tertiary/aromatic N) is 1. The van der Waals surface area contributed by atoms with Crippen molar-refractivity contribution in [3.63, 3.8) is 0 Å². The number of benzene rings is 1. The number of carbonyl (C=O) groups is 2. The monoisotopic (exact) mass is 368 g/mol. The van der Waals surface area contributed by atoms with Gasteiger partial charge in [-0.2, -0.15) is 0 Å². The fourth-order valence-corrected chi connectivity index (χ4v) is 5.02. The Balaban J connectivity index is 1.80. The van der Waals surface area contributed by atoms with Crippen LogP contribution in [-0.4, -0.2) is 23.3 Å². The summed E-state index contributed by atoms with van der Waals surface area (Å²) in [6.45, 7) is 2.16. The molecule has 0 saturated heterocycles. The average Bonchev–Trinajstić information content (AvgIpc) is 3.13. The van der Waals surface area contributed by atoms with E-state index in [1.165, 1.54) is 6.42 Å². The molecular weight excluding hydrogens is 344 g/mol. The normalized spacial score (nSPS) is 21.0. The van der Waals surface area contributed by atoms with Crippen molar-refractivity contribution in [1.29, 1.82) is 0 Å². The molecular formula is C21H24N2O2S. The van der Waals surface area contributed by atoms with Gasteiger partial charge in [0.15, 0.2) is 0 Å². The quantitative estimate of drug-likeness (QED) is 0.848. The fraction of sp³-hybridized carbons (Fsp3) is 0.429. The van der Waals surface area contributed by atoms with E-state index in [1.54, 1.807) is 11.3 Å². The van der Waals surface area contributed by atoms with E-state index >= 15 is 0 Å². The van der Waals surface area contributed by atoms with Crippen molar-refractivity contribution in [3.05, 3.63) is 51.7 Å². The van der Waals surface area contributed by atoms with Crippen molar-refractivity contribution in [3.8, 4) is 0 Å². The minimum Gasteiger partial charge on any atom is -0.324 e. The molecule has 2 aliphatic rings. The second-order valence-corrected chi connectivity index (χ2v) is 8.34. The van der Waals surface area contributed by atoms with E-state index in [-0.39, 0.29) is 30.3 Å². The van der Waals surface area contributed by atoms with E-state index < -0.39 is 0 Å². The maximum Gasteiger partial charge on any atom is 0.244 e. The van der Waals surface area contributed by atoms with Crippen molar-refractivity contribution in [2.75, 3.05) is 11.9 Å². The first-order chi connectivity index (χ1) is 12.6. The number of carbonyl (C=O) groups excluding carboxylic acids is 2. The van der Waals surface area contributed by atoms with Crippen molar-refractivity contribution in [1.82, 2.24) is 4.90 Å². The Bertz CT molecular complexity index is 809. The third kappa shape index (κ3) is 3.28. The first-order valence-corrected chi connectivity index (χ1v) is 10.3. The highest BCUT2D eigenvalue weighted by Gasteiger charge is 2.37. The Morgan fingerprint density at radius 3 is 2.73 bits per heavy atom. The van der Waals surface area contributed by atoms with E-state index in [4.69, 9.17) is 0 Å². The first-order valence-electron chi connectivity index (χ1n) is 9.38. The minimum atomic E-state index is -0.196. The lowest BCUT2D eigenvalue weighted by molar-refractivity contribution is -0.140. The second-order valence-electron chi connectivity index (χ2n) is 7.36. The number of anilines is 1. The number of fused-ring (bicyclic) bond motifs is 1. The van der Waals surface area contributed by atoms with Crippen LogP contribution in [0.25, 0.3) is 0 Å². The molecule has 1 N–H and O–H groups in total. The van der Waals surface area contributed by atoms with Crippen LogP contribution in [-0.2, 0) is 9.59 Å². The number of rotatable bonds is 2. The van der Waals surface area contributed by atoms with Crippen molar-refractivity contribution >= 4 is 28.8 Å². The van der Waals surface area contributed by atoms with Crippen LogP contribution in [0.2, 0.25) is 0 Å². The van der Waals surface area contributed by atoms with Gasteiger partial charge < -0.3 is 10.2 Å². The van der Waals surface area contributed by atoms with Crippen LogP contribution < -0.4 is 5.32 Å². The lowest BCUT2D eigenvalue weighted by Crippen LogP contribution is -2.42. The number of nitrogens with one attached hydrogen (secondary N) is 1. The smallest absolute Gasteiger partial charge is 0.244 e. The summed E-state index contributed by atoms with van der Waals surface area (Å²) in [5.41, 5.74) is 2.96. The lowest BCUT2D eigenvalue weighted by atomic mass is 9.87. The number of aryl methyl sites for hydroxylation is 1. The molecule has 2 heterocycles. The van der Waals surface area contributed by atoms with Gasteiger partial charge in [0.2, 0.25) is 11.8 Å². The van der Waals surface area contributed by atoms with Gasteiger partial charge in [0.1, 0.15) is 6.54 Å². The molecule has 1 aliphatic carbocycles. The summed E-state index contributed by atoms with van der Waals surface area (Å²) < 4.78 is 0. The number of amides is 2. The van der Waals surface area contributed by atoms with Gasteiger partial charge in [-0.25, -0.2) is 0 Å². The highest BCUT2D eigenvalue weighted by Crippen LogP contribution is 2.40. The molecule has 136 valence electrons. The maximum atomic E-state index is 13.4. The summed E-state index contributed by atoms with van der Waals surface area (Å²) in [5.74, 6) is 0.0660. The zero-order chi connectivity index (χ0) is 18.1. The van der Waals surface area contributed by atoms with Crippen LogP contribution in [0.4, 0.5) is 5.69 Å². The average molecular weight is 369 g/mol. The first kappa shape index (κ1) is 17.3. The van der Waals surface area contributed by atoms with E-state index in [1.807, 2.05) is 35.4 Å². The molecule has 4 rings (SSSR count). The van der Waals surface area contributed by atoms with Crippen molar-refractivity contribution in [2.24, 2.45) is 5.92 Å². The Morgan fingerprint density at radius 1 is 1.19 bits per heavy atom. The van der Waals surface area contributed by atoms with Gasteiger partial charge >= 0.3 is 0 Å². The topological polar surface area (TPSA) is 49.4 Å². The SMILES string of the molecule is Cc1ccc2c(c1)C(c1cccs1)N(C(=O)C1CCCCC1)CC(=O)N2. The summed E-state index contributed by atoms with van der Waals surface area (Å²) in [6.07, 6.45) is 5.30. The Labute approximate surface area is 158 Å². The molecule has 1 aromatic carbocycles. The largest absolute Gasteiger partial charge is 0.324 e. The Morgan fingerprint density at radius 2 is 2.00 bits per heavy atom. The van der Waals surface area contributed by atoms with E-state index in [0.29, 0.717) is 0 Å². The molecule has 0 spiro atoms. The van der Waals surface area contributed by atoms with Gasteiger partial charge in [-0.3, -0.25) is 9.59 Å². The van der Waals surface area contributed by atoms with Crippen LogP contribution in [0.15, 0.2) is 35.7 Å². The molecule has 0 radical (unpaired) electrons. The van der Waals surface area contributed by atoms with Gasteiger partial charge in [0.05, 0.1) is 6.04 Å². The number of thiophene rings is 1. The maximum absolute atomic E-state index is 13.4. The fourth-order valence-electron chi connectivity index (χ4n) is 4.17. The molecule has 1 fully saturated rings. The lowest BCUT2D eigenvalue weighted by Gasteiger charge is -2.33. The molecule has 1 saturated carbocycles. The van der Waals surface area contributed by atoms with Gasteiger partial charge in [-0.1, -0.05) is 43.0 Å². The standard InChI is InChI=1S/C21H24N2O2S/c1-14-9-10-17-16(12-14)20(18-8-5-11-26-18)23(13-19(24)22-17)21(25)15-6-3-2-4-7-15/h5,8-12,15,20H,2-4,6-7,13H2,1H3,(H,22,24). The molecule has 2 aromatic rings. The summed E-state index contributed by atoms with van der Waals surface area (Å²) in [7, 11) is 0. The third-order valence-electron chi connectivity index (χ3n) is 5.45. The highest BCUT2D eigenvalue weighted by atomic mass is 32.1.